The number of amides is 1. The Bertz CT molecular complexity index is 676. The minimum atomic E-state index is -0.265. The van der Waals surface area contributed by atoms with Crippen LogP contribution >= 0.6 is 11.3 Å². The number of carbonyl (C=O) groups is 1. The molecule has 24 heavy (non-hydrogen) atoms. The van der Waals surface area contributed by atoms with Crippen molar-refractivity contribution in [2.24, 2.45) is 0 Å². The molecule has 0 atom stereocenters. The highest BCUT2D eigenvalue weighted by molar-refractivity contribution is 7.09. The van der Waals surface area contributed by atoms with E-state index in [2.05, 4.69) is 4.98 Å². The number of aliphatic hydroxyl groups is 1. The van der Waals surface area contributed by atoms with E-state index < -0.39 is 0 Å². The Morgan fingerprint density at radius 3 is 2.75 bits per heavy atom. The molecule has 1 aliphatic rings. The lowest BCUT2D eigenvalue weighted by Gasteiger charge is -2.29. The molecule has 1 N–H and O–H groups in total. The van der Waals surface area contributed by atoms with Gasteiger partial charge in [-0.2, -0.15) is 0 Å². The number of benzene rings is 1. The molecule has 0 spiro atoms. The van der Waals surface area contributed by atoms with E-state index in [1.54, 1.807) is 0 Å². The topological polar surface area (TPSA) is 62.7 Å². The van der Waals surface area contributed by atoms with Gasteiger partial charge in [-0.15, -0.1) is 11.3 Å². The average Bonchev–Trinajstić information content (AvgIpc) is 3.02. The lowest BCUT2D eigenvalue weighted by atomic mass is 10.1. The van der Waals surface area contributed by atoms with Crippen LogP contribution in [0.4, 0.5) is 0 Å². The van der Waals surface area contributed by atoms with Gasteiger partial charge in [0.2, 0.25) is 5.91 Å². The molecule has 1 saturated heterocycles. The lowest BCUT2D eigenvalue weighted by molar-refractivity contribution is -0.132. The van der Waals surface area contributed by atoms with E-state index in [0.717, 1.165) is 16.5 Å². The van der Waals surface area contributed by atoms with Crippen molar-refractivity contribution in [3.05, 3.63) is 45.9 Å². The second-order valence-corrected chi connectivity index (χ2v) is 7.07. The van der Waals surface area contributed by atoms with Crippen LogP contribution in [-0.4, -0.2) is 40.1 Å². The van der Waals surface area contributed by atoms with E-state index in [1.807, 2.05) is 41.5 Å². The Morgan fingerprint density at radius 1 is 1.33 bits per heavy atom. The van der Waals surface area contributed by atoms with Gasteiger partial charge in [-0.3, -0.25) is 4.79 Å². The van der Waals surface area contributed by atoms with Crippen LogP contribution in [0.3, 0.4) is 0 Å². The van der Waals surface area contributed by atoms with Crippen molar-refractivity contribution in [1.29, 1.82) is 0 Å². The molecule has 5 nitrogen and oxygen atoms in total. The van der Waals surface area contributed by atoms with Crippen LogP contribution in [0, 0.1) is 6.92 Å². The molecular weight excluding hydrogens is 324 g/mol. The van der Waals surface area contributed by atoms with Gasteiger partial charge in [-0.25, -0.2) is 4.98 Å². The van der Waals surface area contributed by atoms with Gasteiger partial charge in [-0.1, -0.05) is 17.7 Å². The number of rotatable bonds is 5. The summed E-state index contributed by atoms with van der Waals surface area (Å²) in [5.41, 5.74) is 1.99. The molecule has 1 fully saturated rings. The molecular formula is C18H22N2O3S. The highest BCUT2D eigenvalue weighted by Gasteiger charge is 2.21. The average molecular weight is 346 g/mol. The highest BCUT2D eigenvalue weighted by Crippen LogP contribution is 2.17. The van der Waals surface area contributed by atoms with Gasteiger partial charge >= 0.3 is 0 Å². The summed E-state index contributed by atoms with van der Waals surface area (Å²) >= 11 is 1.51. The first-order valence-corrected chi connectivity index (χ1v) is 9.07. The number of thiazole rings is 1. The molecule has 0 unspecified atom stereocenters. The van der Waals surface area contributed by atoms with Crippen molar-refractivity contribution >= 4 is 17.2 Å². The Labute approximate surface area is 145 Å². The fourth-order valence-electron chi connectivity index (χ4n) is 2.66. The van der Waals surface area contributed by atoms with E-state index in [1.165, 1.54) is 16.9 Å². The Hall–Kier alpha value is -1.92. The molecule has 0 saturated carbocycles. The SMILES string of the molecule is Cc1ccc(OCc2nc(CC(=O)N3CCC(O)CC3)cs2)cc1. The Morgan fingerprint density at radius 2 is 2.04 bits per heavy atom. The van der Waals surface area contributed by atoms with Gasteiger partial charge in [0.15, 0.2) is 0 Å². The molecule has 1 aromatic heterocycles. The predicted molar refractivity (Wildman–Crippen MR) is 93.1 cm³/mol. The van der Waals surface area contributed by atoms with E-state index in [9.17, 15) is 9.90 Å². The number of hydrogen-bond acceptors (Lipinski definition) is 5. The molecule has 0 aliphatic carbocycles. The second kappa shape index (κ2) is 7.77. The monoisotopic (exact) mass is 346 g/mol. The van der Waals surface area contributed by atoms with Gasteiger partial charge < -0.3 is 14.7 Å². The summed E-state index contributed by atoms with van der Waals surface area (Å²) in [7, 11) is 0. The normalized spacial score (nSPS) is 15.5. The number of aromatic nitrogens is 1. The van der Waals surface area contributed by atoms with Crippen LogP contribution in [0.15, 0.2) is 29.6 Å². The van der Waals surface area contributed by atoms with Crippen LogP contribution in [0.2, 0.25) is 0 Å². The molecule has 0 bridgehead atoms. The maximum absolute atomic E-state index is 12.3. The summed E-state index contributed by atoms with van der Waals surface area (Å²) in [6.07, 6.45) is 1.38. The van der Waals surface area contributed by atoms with Gasteiger partial charge in [0.25, 0.3) is 0 Å². The second-order valence-electron chi connectivity index (χ2n) is 6.12. The summed E-state index contributed by atoms with van der Waals surface area (Å²) in [5, 5.41) is 12.3. The maximum Gasteiger partial charge on any atom is 0.228 e. The third-order valence-corrected chi connectivity index (χ3v) is 5.00. The van der Waals surface area contributed by atoms with Crippen molar-refractivity contribution in [3.63, 3.8) is 0 Å². The minimum Gasteiger partial charge on any atom is -0.486 e. The van der Waals surface area contributed by atoms with Crippen molar-refractivity contribution in [1.82, 2.24) is 9.88 Å². The highest BCUT2D eigenvalue weighted by atomic mass is 32.1. The Kier molecular flexibility index (Phi) is 5.48. The first-order chi connectivity index (χ1) is 11.6. The van der Waals surface area contributed by atoms with E-state index in [-0.39, 0.29) is 12.0 Å². The smallest absolute Gasteiger partial charge is 0.228 e. The summed E-state index contributed by atoms with van der Waals surface area (Å²) in [4.78, 5) is 18.6. The van der Waals surface area contributed by atoms with Gasteiger partial charge in [-0.05, 0) is 31.9 Å². The molecule has 128 valence electrons. The number of piperidine rings is 1. The molecule has 0 radical (unpaired) electrons. The van der Waals surface area contributed by atoms with E-state index in [4.69, 9.17) is 4.74 Å². The molecule has 2 aromatic rings. The molecule has 2 heterocycles. The van der Waals surface area contributed by atoms with Gasteiger partial charge in [0, 0.05) is 18.5 Å². The molecule has 1 aliphatic heterocycles. The number of nitrogens with zero attached hydrogens (tertiary/aromatic N) is 2. The van der Waals surface area contributed by atoms with Crippen LogP contribution in [-0.2, 0) is 17.8 Å². The Balaban J connectivity index is 1.50. The largest absolute Gasteiger partial charge is 0.486 e. The zero-order chi connectivity index (χ0) is 16.9. The van der Waals surface area contributed by atoms with Gasteiger partial charge in [0.1, 0.15) is 17.4 Å². The molecule has 1 aromatic carbocycles. The first kappa shape index (κ1) is 16.9. The zero-order valence-electron chi connectivity index (χ0n) is 13.8. The fraction of sp³-hybridized carbons (Fsp3) is 0.444. The third kappa shape index (κ3) is 4.55. The van der Waals surface area contributed by atoms with E-state index in [0.29, 0.717) is 39.0 Å². The van der Waals surface area contributed by atoms with Crippen LogP contribution < -0.4 is 4.74 Å². The molecule has 3 rings (SSSR count). The fourth-order valence-corrected chi connectivity index (χ4v) is 3.36. The maximum atomic E-state index is 12.3. The number of aliphatic hydroxyl groups excluding tert-OH is 1. The number of likely N-dealkylation sites (tertiary alicyclic amines) is 1. The van der Waals surface area contributed by atoms with Crippen molar-refractivity contribution in [2.75, 3.05) is 13.1 Å². The lowest BCUT2D eigenvalue weighted by Crippen LogP contribution is -2.40. The number of hydrogen-bond donors (Lipinski definition) is 1. The third-order valence-electron chi connectivity index (χ3n) is 4.13. The van der Waals surface area contributed by atoms with Crippen LogP contribution in [0.5, 0.6) is 5.75 Å². The van der Waals surface area contributed by atoms with Crippen LogP contribution in [0.25, 0.3) is 0 Å². The summed E-state index contributed by atoms with van der Waals surface area (Å²) in [6.45, 7) is 3.72. The molecule has 6 heteroatoms. The predicted octanol–water partition coefficient (Wildman–Crippen LogP) is 2.56. The number of carbonyl (C=O) groups excluding carboxylic acids is 1. The number of ether oxygens (including phenoxy) is 1. The zero-order valence-corrected chi connectivity index (χ0v) is 14.6. The summed E-state index contributed by atoms with van der Waals surface area (Å²) < 4.78 is 5.72. The summed E-state index contributed by atoms with van der Waals surface area (Å²) in [5.74, 6) is 0.901. The molecule has 1 amide bonds. The first-order valence-electron chi connectivity index (χ1n) is 8.19. The van der Waals surface area contributed by atoms with Gasteiger partial charge in [0.05, 0.1) is 18.2 Å². The summed E-state index contributed by atoms with van der Waals surface area (Å²) in [6, 6.07) is 7.91. The van der Waals surface area contributed by atoms with Crippen molar-refractivity contribution in [3.8, 4) is 5.75 Å². The standard InChI is InChI=1S/C18H22N2O3S/c1-13-2-4-16(5-3-13)23-11-17-19-14(12-24-17)10-18(22)20-8-6-15(21)7-9-20/h2-5,12,15,21H,6-11H2,1H3. The van der Waals surface area contributed by atoms with Crippen molar-refractivity contribution in [2.45, 2.75) is 38.9 Å². The number of aryl methyl sites for hydroxylation is 1. The van der Waals surface area contributed by atoms with Crippen LogP contribution in [0.1, 0.15) is 29.1 Å². The van der Waals surface area contributed by atoms with E-state index >= 15 is 0 Å². The minimum absolute atomic E-state index is 0.0817. The van der Waals surface area contributed by atoms with Crippen molar-refractivity contribution < 1.29 is 14.6 Å². The quantitative estimate of drug-likeness (QED) is 0.904.